The van der Waals surface area contributed by atoms with Crippen molar-refractivity contribution in [3.05, 3.63) is 99.2 Å². The number of nitrogens with zero attached hydrogens (tertiary/aromatic N) is 2. The zero-order valence-corrected chi connectivity index (χ0v) is 22.6. The zero-order chi connectivity index (χ0) is 26.6. The Morgan fingerprint density at radius 3 is 2.53 bits per heavy atom. The third kappa shape index (κ3) is 5.30. The lowest BCUT2D eigenvalue weighted by Crippen LogP contribution is -2.64. The Balaban J connectivity index is 1.38. The monoisotopic (exact) mass is 546 g/mol. The number of thioether (sulfide) groups is 1. The first-order chi connectivity index (χ1) is 18.5. The van der Waals surface area contributed by atoms with Crippen molar-refractivity contribution in [2.24, 2.45) is 5.92 Å². The zero-order valence-electron chi connectivity index (χ0n) is 21.0. The summed E-state index contributed by atoms with van der Waals surface area (Å²) in [5, 5.41) is -0.426. The molecule has 5 rings (SSSR count). The Kier molecular flexibility index (Phi) is 7.76. The number of benzene rings is 2. The van der Waals surface area contributed by atoms with Crippen molar-refractivity contribution >= 4 is 46.8 Å². The fourth-order valence-corrected chi connectivity index (χ4v) is 6.51. The summed E-state index contributed by atoms with van der Waals surface area (Å²) in [7, 11) is 1.59. The standard InChI is InChI=1S/C29H26N2O5S2/c1-18-24(38-17-30-18)13-10-21-16-37-28-25(23(32)14-19-6-4-3-5-7-19)27(33)31(28)26(21)29(34)36-15-20-8-11-22(35-2)12-9-20/h3-13,17,25,28H,14-16H2,1-2H3/t25-,28+/m1/s1. The summed E-state index contributed by atoms with van der Waals surface area (Å²) < 4.78 is 10.8. The number of carbonyl (C=O) groups is 3. The molecule has 2 aromatic carbocycles. The van der Waals surface area contributed by atoms with Crippen LogP contribution in [0.2, 0.25) is 0 Å². The summed E-state index contributed by atoms with van der Waals surface area (Å²) >= 11 is 2.99. The summed E-state index contributed by atoms with van der Waals surface area (Å²) in [6.07, 6.45) is 3.93. The van der Waals surface area contributed by atoms with Gasteiger partial charge in [-0.05, 0) is 41.8 Å². The van der Waals surface area contributed by atoms with Crippen LogP contribution in [0.25, 0.3) is 6.08 Å². The van der Waals surface area contributed by atoms with E-state index in [9.17, 15) is 14.4 Å². The number of esters is 1. The number of aryl methyl sites for hydroxylation is 1. The van der Waals surface area contributed by atoms with E-state index in [0.29, 0.717) is 17.1 Å². The van der Waals surface area contributed by atoms with E-state index < -0.39 is 17.3 Å². The molecule has 0 radical (unpaired) electrons. The molecule has 1 amide bonds. The number of hydrogen-bond donors (Lipinski definition) is 0. The van der Waals surface area contributed by atoms with Gasteiger partial charge in [-0.15, -0.1) is 23.1 Å². The molecule has 0 unspecified atom stereocenters. The lowest BCUT2D eigenvalue weighted by molar-refractivity contribution is -0.158. The van der Waals surface area contributed by atoms with Crippen molar-refractivity contribution in [1.82, 2.24) is 9.88 Å². The molecule has 194 valence electrons. The Morgan fingerprint density at radius 1 is 1.08 bits per heavy atom. The van der Waals surface area contributed by atoms with Crippen LogP contribution < -0.4 is 4.74 Å². The minimum Gasteiger partial charge on any atom is -0.497 e. The minimum atomic E-state index is -0.779. The molecule has 2 aliphatic rings. The second kappa shape index (κ2) is 11.4. The van der Waals surface area contributed by atoms with Crippen molar-refractivity contribution in [1.29, 1.82) is 0 Å². The van der Waals surface area contributed by atoms with Crippen molar-refractivity contribution in [2.75, 3.05) is 12.9 Å². The number of β-lactam (4-membered cyclic amide) rings is 1. The maximum absolute atomic E-state index is 13.4. The van der Waals surface area contributed by atoms with E-state index in [0.717, 1.165) is 21.7 Å². The van der Waals surface area contributed by atoms with Crippen LogP contribution in [0.4, 0.5) is 0 Å². The summed E-state index contributed by atoms with van der Waals surface area (Å²) in [6, 6.07) is 16.6. The molecule has 2 aliphatic heterocycles. The number of rotatable bonds is 9. The predicted molar refractivity (Wildman–Crippen MR) is 147 cm³/mol. The Morgan fingerprint density at radius 2 is 1.84 bits per heavy atom. The molecule has 0 bridgehead atoms. The number of ketones is 1. The highest BCUT2D eigenvalue weighted by atomic mass is 32.2. The van der Waals surface area contributed by atoms with Crippen LogP contribution in [0.1, 0.15) is 21.7 Å². The molecule has 38 heavy (non-hydrogen) atoms. The van der Waals surface area contributed by atoms with Crippen LogP contribution in [-0.2, 0) is 32.1 Å². The van der Waals surface area contributed by atoms with Gasteiger partial charge in [-0.3, -0.25) is 14.5 Å². The van der Waals surface area contributed by atoms with Crippen LogP contribution in [0.5, 0.6) is 5.75 Å². The SMILES string of the molecule is COc1ccc(COC(=O)C2=C(C=Cc3scnc3C)CS[C@H]3[C@H](C(=O)Cc4ccccc4)C(=O)N23)cc1. The van der Waals surface area contributed by atoms with Gasteiger partial charge in [0.1, 0.15) is 29.3 Å². The molecule has 2 atom stereocenters. The summed E-state index contributed by atoms with van der Waals surface area (Å²) in [4.78, 5) is 46.5. The highest BCUT2D eigenvalue weighted by Crippen LogP contribution is 2.45. The molecule has 0 saturated carbocycles. The van der Waals surface area contributed by atoms with Crippen LogP contribution in [0.15, 0.2) is 77.5 Å². The van der Waals surface area contributed by atoms with Gasteiger partial charge >= 0.3 is 5.97 Å². The van der Waals surface area contributed by atoms with Crippen molar-refractivity contribution in [3.63, 3.8) is 0 Å². The number of amides is 1. The van der Waals surface area contributed by atoms with Crippen molar-refractivity contribution < 1.29 is 23.9 Å². The van der Waals surface area contributed by atoms with Crippen LogP contribution in [0, 0.1) is 12.8 Å². The van der Waals surface area contributed by atoms with E-state index in [1.54, 1.807) is 24.8 Å². The molecule has 1 fully saturated rings. The predicted octanol–water partition coefficient (Wildman–Crippen LogP) is 4.81. The second-order valence-corrected chi connectivity index (χ2v) is 10.9. The van der Waals surface area contributed by atoms with Gasteiger partial charge in [0.15, 0.2) is 5.78 Å². The lowest BCUT2D eigenvalue weighted by Gasteiger charge is -2.49. The third-order valence-corrected chi connectivity index (χ3v) is 8.71. The van der Waals surface area contributed by atoms with Gasteiger partial charge < -0.3 is 9.47 Å². The van der Waals surface area contributed by atoms with E-state index in [2.05, 4.69) is 4.98 Å². The fourth-order valence-electron chi connectivity index (χ4n) is 4.42. The number of hydrogen-bond acceptors (Lipinski definition) is 8. The van der Waals surface area contributed by atoms with Gasteiger partial charge in [-0.1, -0.05) is 48.5 Å². The maximum atomic E-state index is 13.4. The van der Waals surface area contributed by atoms with Crippen LogP contribution in [0.3, 0.4) is 0 Å². The van der Waals surface area contributed by atoms with Crippen LogP contribution >= 0.6 is 23.1 Å². The van der Waals surface area contributed by atoms with Gasteiger partial charge in [-0.25, -0.2) is 9.78 Å². The van der Waals surface area contributed by atoms with Gasteiger partial charge in [-0.2, -0.15) is 0 Å². The first-order valence-electron chi connectivity index (χ1n) is 12.1. The number of methoxy groups -OCH3 is 1. The van der Waals surface area contributed by atoms with Gasteiger partial charge in [0.2, 0.25) is 5.91 Å². The van der Waals surface area contributed by atoms with Crippen molar-refractivity contribution in [2.45, 2.75) is 25.3 Å². The number of Topliss-reactive ketones (excluding diaryl/α,β-unsaturated/α-hetero) is 1. The normalized spacial score (nSPS) is 18.8. The van der Waals surface area contributed by atoms with E-state index in [-0.39, 0.29) is 30.4 Å². The maximum Gasteiger partial charge on any atom is 0.355 e. The fraction of sp³-hybridized carbons (Fsp3) is 0.241. The lowest BCUT2D eigenvalue weighted by atomic mass is 9.88. The van der Waals surface area contributed by atoms with E-state index in [1.165, 1.54) is 28.0 Å². The summed E-state index contributed by atoms with van der Waals surface area (Å²) in [5.74, 6) is -0.684. The topological polar surface area (TPSA) is 85.8 Å². The average molecular weight is 547 g/mol. The average Bonchev–Trinajstić information content (AvgIpc) is 3.35. The second-order valence-electron chi connectivity index (χ2n) is 8.95. The molecular weight excluding hydrogens is 520 g/mol. The number of ether oxygens (including phenoxy) is 2. The quantitative estimate of drug-likeness (QED) is 0.216. The summed E-state index contributed by atoms with van der Waals surface area (Å²) in [6.45, 7) is 1.97. The van der Waals surface area contributed by atoms with Gasteiger partial charge in [0.25, 0.3) is 0 Å². The number of carbonyl (C=O) groups excluding carboxylic acids is 3. The van der Waals surface area contributed by atoms with Gasteiger partial charge in [0, 0.05) is 17.1 Å². The molecule has 1 aromatic heterocycles. The highest BCUT2D eigenvalue weighted by molar-refractivity contribution is 8.00. The van der Waals surface area contributed by atoms with Gasteiger partial charge in [0.05, 0.1) is 18.3 Å². The molecule has 3 heterocycles. The van der Waals surface area contributed by atoms with Crippen molar-refractivity contribution in [3.8, 4) is 5.75 Å². The Bertz CT molecular complexity index is 1410. The molecule has 1 saturated heterocycles. The molecule has 0 spiro atoms. The Labute approximate surface area is 229 Å². The molecule has 9 heteroatoms. The summed E-state index contributed by atoms with van der Waals surface area (Å²) in [5.41, 5.74) is 5.20. The van der Waals surface area contributed by atoms with E-state index in [1.807, 2.05) is 61.5 Å². The number of thiazole rings is 1. The molecule has 0 N–H and O–H groups in total. The smallest absolute Gasteiger partial charge is 0.355 e. The Hall–Kier alpha value is -3.69. The first kappa shape index (κ1) is 25.9. The molecule has 0 aliphatic carbocycles. The molecular formula is C29H26N2O5S2. The van der Waals surface area contributed by atoms with Crippen LogP contribution in [-0.4, -0.2) is 45.8 Å². The molecule has 7 nitrogen and oxygen atoms in total. The number of fused-ring (bicyclic) bond motifs is 1. The third-order valence-electron chi connectivity index (χ3n) is 6.51. The highest BCUT2D eigenvalue weighted by Gasteiger charge is 2.56. The number of allylic oxidation sites excluding steroid dienone is 1. The van der Waals surface area contributed by atoms with E-state index >= 15 is 0 Å². The van der Waals surface area contributed by atoms with E-state index in [4.69, 9.17) is 9.47 Å². The molecule has 3 aromatic rings. The largest absolute Gasteiger partial charge is 0.497 e. The first-order valence-corrected chi connectivity index (χ1v) is 14.0. The minimum absolute atomic E-state index is 0.0491. The number of aromatic nitrogens is 1.